The van der Waals surface area contributed by atoms with Gasteiger partial charge in [-0.05, 0) is 26.0 Å². The lowest BCUT2D eigenvalue weighted by molar-refractivity contribution is 0.0953. The fraction of sp³-hybridized carbons (Fsp3) is 0.235. The SMILES string of the molecule is Cc1nc(C)c(CCNC(=O)c2c[nH]c3ccccc3c2=O)s1. The Kier molecular flexibility index (Phi) is 4.25. The zero-order valence-electron chi connectivity index (χ0n) is 13.0. The van der Waals surface area contributed by atoms with E-state index in [1.165, 1.54) is 6.20 Å². The summed E-state index contributed by atoms with van der Waals surface area (Å²) >= 11 is 1.64. The molecule has 1 aromatic carbocycles. The van der Waals surface area contributed by atoms with Gasteiger partial charge in [0.15, 0.2) is 0 Å². The van der Waals surface area contributed by atoms with Gasteiger partial charge in [0.2, 0.25) is 5.43 Å². The molecule has 0 unspecified atom stereocenters. The number of aromatic nitrogens is 2. The summed E-state index contributed by atoms with van der Waals surface area (Å²) in [7, 11) is 0. The number of thiazole rings is 1. The number of hydrogen-bond acceptors (Lipinski definition) is 4. The Morgan fingerprint density at radius 1 is 1.30 bits per heavy atom. The van der Waals surface area contributed by atoms with Crippen molar-refractivity contribution in [2.75, 3.05) is 6.54 Å². The fourth-order valence-electron chi connectivity index (χ4n) is 2.53. The van der Waals surface area contributed by atoms with Crippen LogP contribution in [0.15, 0.2) is 35.3 Å². The molecule has 3 rings (SSSR count). The van der Waals surface area contributed by atoms with Gasteiger partial charge < -0.3 is 10.3 Å². The van der Waals surface area contributed by atoms with E-state index < -0.39 is 0 Å². The molecule has 6 heteroatoms. The zero-order chi connectivity index (χ0) is 16.4. The van der Waals surface area contributed by atoms with Crippen molar-refractivity contribution in [2.45, 2.75) is 20.3 Å². The molecule has 0 aliphatic rings. The standard InChI is InChI=1S/C17H17N3O2S/c1-10-15(23-11(2)20-10)7-8-18-17(22)13-9-19-14-6-4-3-5-12(14)16(13)21/h3-6,9H,7-8H2,1-2H3,(H,18,22)(H,19,21). The molecule has 0 saturated heterocycles. The van der Waals surface area contributed by atoms with Crippen LogP contribution in [0.1, 0.15) is 25.9 Å². The van der Waals surface area contributed by atoms with Crippen molar-refractivity contribution in [1.82, 2.24) is 15.3 Å². The summed E-state index contributed by atoms with van der Waals surface area (Å²) in [5.74, 6) is -0.351. The van der Waals surface area contributed by atoms with Gasteiger partial charge >= 0.3 is 0 Å². The van der Waals surface area contributed by atoms with Crippen LogP contribution in [-0.2, 0) is 6.42 Å². The molecule has 0 fully saturated rings. The van der Waals surface area contributed by atoms with Crippen molar-refractivity contribution in [2.24, 2.45) is 0 Å². The van der Waals surface area contributed by atoms with Gasteiger partial charge in [0, 0.05) is 34.9 Å². The Balaban J connectivity index is 1.72. The molecule has 3 aromatic rings. The summed E-state index contributed by atoms with van der Waals surface area (Å²) < 4.78 is 0. The van der Waals surface area contributed by atoms with Crippen LogP contribution < -0.4 is 10.7 Å². The van der Waals surface area contributed by atoms with Crippen LogP contribution in [0, 0.1) is 13.8 Å². The molecule has 5 nitrogen and oxygen atoms in total. The van der Waals surface area contributed by atoms with Crippen LogP contribution in [0.4, 0.5) is 0 Å². The van der Waals surface area contributed by atoms with Crippen LogP contribution in [0.2, 0.25) is 0 Å². The lowest BCUT2D eigenvalue weighted by atomic mass is 10.1. The molecule has 0 aliphatic carbocycles. The first-order valence-electron chi connectivity index (χ1n) is 7.38. The molecular weight excluding hydrogens is 310 g/mol. The van der Waals surface area contributed by atoms with Gasteiger partial charge in [0.05, 0.1) is 10.7 Å². The molecule has 2 N–H and O–H groups in total. The minimum Gasteiger partial charge on any atom is -0.360 e. The number of para-hydroxylation sites is 1. The zero-order valence-corrected chi connectivity index (χ0v) is 13.8. The topological polar surface area (TPSA) is 74.8 Å². The first-order valence-corrected chi connectivity index (χ1v) is 8.19. The molecule has 0 spiro atoms. The smallest absolute Gasteiger partial charge is 0.256 e. The number of carbonyl (C=O) groups excluding carboxylic acids is 1. The Morgan fingerprint density at radius 3 is 2.83 bits per heavy atom. The van der Waals surface area contributed by atoms with E-state index in [9.17, 15) is 9.59 Å². The number of carbonyl (C=O) groups is 1. The van der Waals surface area contributed by atoms with Gasteiger partial charge in [0.25, 0.3) is 5.91 Å². The molecule has 0 saturated carbocycles. The van der Waals surface area contributed by atoms with Gasteiger partial charge in [-0.2, -0.15) is 0 Å². The summed E-state index contributed by atoms with van der Waals surface area (Å²) in [5, 5.41) is 4.35. The largest absolute Gasteiger partial charge is 0.360 e. The molecular formula is C17H17N3O2S. The summed E-state index contributed by atoms with van der Waals surface area (Å²) in [6.45, 7) is 4.41. The van der Waals surface area contributed by atoms with Gasteiger partial charge in [-0.1, -0.05) is 12.1 Å². The molecule has 23 heavy (non-hydrogen) atoms. The molecule has 0 bridgehead atoms. The quantitative estimate of drug-likeness (QED) is 0.773. The Morgan fingerprint density at radius 2 is 2.09 bits per heavy atom. The number of amides is 1. The van der Waals surface area contributed by atoms with E-state index in [1.54, 1.807) is 23.5 Å². The van der Waals surface area contributed by atoms with Crippen molar-refractivity contribution in [1.29, 1.82) is 0 Å². The van der Waals surface area contributed by atoms with Crippen molar-refractivity contribution >= 4 is 28.1 Å². The van der Waals surface area contributed by atoms with Crippen LogP contribution >= 0.6 is 11.3 Å². The second-order valence-corrected chi connectivity index (χ2v) is 6.61. The molecule has 2 heterocycles. The number of hydrogen-bond donors (Lipinski definition) is 2. The third-order valence-corrected chi connectivity index (χ3v) is 4.80. The first kappa shape index (κ1) is 15.4. The lowest BCUT2D eigenvalue weighted by Crippen LogP contribution is -2.30. The molecule has 118 valence electrons. The monoisotopic (exact) mass is 327 g/mol. The van der Waals surface area contributed by atoms with E-state index in [4.69, 9.17) is 0 Å². The Hall–Kier alpha value is -2.47. The number of nitrogens with one attached hydrogen (secondary N) is 2. The van der Waals surface area contributed by atoms with Gasteiger partial charge in [-0.25, -0.2) is 4.98 Å². The minimum absolute atomic E-state index is 0.140. The van der Waals surface area contributed by atoms with Crippen molar-refractivity contribution < 1.29 is 4.79 Å². The fourth-order valence-corrected chi connectivity index (χ4v) is 3.46. The first-order chi connectivity index (χ1) is 11.1. The van der Waals surface area contributed by atoms with Gasteiger partial charge in [-0.3, -0.25) is 9.59 Å². The Labute approximate surface area is 137 Å². The van der Waals surface area contributed by atoms with Crippen LogP contribution in [0.25, 0.3) is 10.9 Å². The van der Waals surface area contributed by atoms with Crippen molar-refractivity contribution in [3.05, 3.63) is 61.8 Å². The predicted molar refractivity (Wildman–Crippen MR) is 92.2 cm³/mol. The predicted octanol–water partition coefficient (Wildman–Crippen LogP) is 2.57. The number of nitrogens with zero attached hydrogens (tertiary/aromatic N) is 1. The minimum atomic E-state index is -0.351. The van der Waals surface area contributed by atoms with E-state index in [0.717, 1.165) is 21.1 Å². The van der Waals surface area contributed by atoms with Crippen LogP contribution in [0.3, 0.4) is 0 Å². The lowest BCUT2D eigenvalue weighted by Gasteiger charge is -2.05. The number of aryl methyl sites for hydroxylation is 2. The molecule has 1 amide bonds. The molecule has 2 aromatic heterocycles. The van der Waals surface area contributed by atoms with Crippen LogP contribution in [0.5, 0.6) is 0 Å². The summed E-state index contributed by atoms with van der Waals surface area (Å²) in [6.07, 6.45) is 2.19. The summed E-state index contributed by atoms with van der Waals surface area (Å²) in [4.78, 5) is 33.1. The average molecular weight is 327 g/mol. The highest BCUT2D eigenvalue weighted by Gasteiger charge is 2.13. The number of rotatable bonds is 4. The van der Waals surface area contributed by atoms with Crippen molar-refractivity contribution in [3.8, 4) is 0 Å². The number of benzene rings is 1. The second kappa shape index (κ2) is 6.34. The number of fused-ring (bicyclic) bond motifs is 1. The summed E-state index contributed by atoms with van der Waals surface area (Å²) in [6, 6.07) is 7.16. The third-order valence-electron chi connectivity index (χ3n) is 3.67. The second-order valence-electron chi connectivity index (χ2n) is 5.32. The number of aromatic amines is 1. The van der Waals surface area contributed by atoms with E-state index in [2.05, 4.69) is 15.3 Å². The highest BCUT2D eigenvalue weighted by atomic mass is 32.1. The molecule has 0 atom stereocenters. The highest BCUT2D eigenvalue weighted by Crippen LogP contribution is 2.17. The highest BCUT2D eigenvalue weighted by molar-refractivity contribution is 7.11. The normalized spacial score (nSPS) is 10.9. The maximum Gasteiger partial charge on any atom is 0.256 e. The number of H-pyrrole nitrogens is 1. The van der Waals surface area contributed by atoms with E-state index in [1.807, 2.05) is 26.0 Å². The maximum absolute atomic E-state index is 12.4. The van der Waals surface area contributed by atoms with Gasteiger partial charge in [-0.15, -0.1) is 11.3 Å². The van der Waals surface area contributed by atoms with E-state index >= 15 is 0 Å². The van der Waals surface area contributed by atoms with E-state index in [0.29, 0.717) is 18.4 Å². The Bertz CT molecular complexity index is 927. The maximum atomic E-state index is 12.4. The van der Waals surface area contributed by atoms with Crippen molar-refractivity contribution in [3.63, 3.8) is 0 Å². The third kappa shape index (κ3) is 3.17. The number of pyridine rings is 1. The van der Waals surface area contributed by atoms with Crippen LogP contribution in [-0.4, -0.2) is 22.4 Å². The molecule has 0 radical (unpaired) electrons. The van der Waals surface area contributed by atoms with Gasteiger partial charge in [0.1, 0.15) is 5.56 Å². The summed E-state index contributed by atoms with van der Waals surface area (Å²) in [5.41, 5.74) is 1.62. The average Bonchev–Trinajstić information content (AvgIpc) is 2.85. The molecule has 0 aliphatic heterocycles. The van der Waals surface area contributed by atoms with E-state index in [-0.39, 0.29) is 16.9 Å².